The van der Waals surface area contributed by atoms with Crippen LogP contribution in [0.2, 0.25) is 5.02 Å². The van der Waals surface area contributed by atoms with Crippen LogP contribution in [0.15, 0.2) is 67.1 Å². The first-order valence-corrected chi connectivity index (χ1v) is 12.7. The van der Waals surface area contributed by atoms with Crippen LogP contribution in [0.1, 0.15) is 34.5 Å². The Morgan fingerprint density at radius 1 is 0.833 bits per heavy atom. The first-order valence-electron chi connectivity index (χ1n) is 11.5. The van der Waals surface area contributed by atoms with Gasteiger partial charge in [-0.2, -0.15) is 0 Å². The quantitative estimate of drug-likeness (QED) is 0.272. The van der Waals surface area contributed by atoms with Gasteiger partial charge in [-0.05, 0) is 54.2 Å². The number of pyridine rings is 2. The van der Waals surface area contributed by atoms with E-state index < -0.39 is 0 Å². The summed E-state index contributed by atoms with van der Waals surface area (Å²) in [4.78, 5) is 32.8. The van der Waals surface area contributed by atoms with Gasteiger partial charge in [-0.1, -0.05) is 53.3 Å². The number of carbonyl (C=O) groups is 2. The smallest absolute Gasteiger partial charge is 0.230 e. The Balaban J connectivity index is 1.15. The molecule has 0 spiro atoms. The van der Waals surface area contributed by atoms with Gasteiger partial charge in [0.1, 0.15) is 10.8 Å². The number of anilines is 2. The number of carbonyl (C=O) groups excluding carboxylic acids is 2. The van der Waals surface area contributed by atoms with Crippen LogP contribution >= 0.6 is 22.9 Å². The summed E-state index contributed by atoms with van der Waals surface area (Å²) in [6, 6.07) is 14.7. The summed E-state index contributed by atoms with van der Waals surface area (Å²) in [6.07, 6.45) is 9.14. The molecule has 184 valence electrons. The summed E-state index contributed by atoms with van der Waals surface area (Å²) in [6.45, 7) is 0. The molecule has 2 amide bonds. The van der Waals surface area contributed by atoms with Gasteiger partial charge in [0.15, 0.2) is 0 Å². The molecule has 3 heterocycles. The fraction of sp³-hybridized carbons (Fsp3) is 0.231. The van der Waals surface area contributed by atoms with E-state index in [4.69, 9.17) is 11.6 Å². The summed E-state index contributed by atoms with van der Waals surface area (Å²) >= 11 is 7.52. The third kappa shape index (κ3) is 7.93. The molecule has 0 saturated heterocycles. The number of aryl methyl sites for hydroxylation is 2. The fourth-order valence-electron chi connectivity index (χ4n) is 3.51. The number of nitrogens with one attached hydrogen (secondary N) is 2. The number of aromatic nitrogens is 4. The topological polar surface area (TPSA) is 110 Å². The standard InChI is InChI=1S/C26H25ClN6O2S/c27-21-9-3-2-8-20(21)15-24(35)30-22-12-11-18(17-29-22)6-1-4-10-25-32-33-26(36-25)31-23(34)14-19-7-5-13-28-16-19/h2-3,5,7-9,11-13,16-17H,1,4,6,10,14-15H2,(H,29,30,35)(H,31,33,34). The van der Waals surface area contributed by atoms with E-state index in [0.717, 1.165) is 47.4 Å². The molecular formula is C26H25ClN6O2S. The summed E-state index contributed by atoms with van der Waals surface area (Å²) in [7, 11) is 0. The molecule has 3 aromatic heterocycles. The molecule has 10 heteroatoms. The number of rotatable bonds is 11. The minimum Gasteiger partial charge on any atom is -0.310 e. The molecule has 4 rings (SSSR count). The van der Waals surface area contributed by atoms with Crippen LogP contribution in [0.25, 0.3) is 0 Å². The molecule has 36 heavy (non-hydrogen) atoms. The highest BCUT2D eigenvalue weighted by Gasteiger charge is 2.10. The molecule has 0 radical (unpaired) electrons. The fourth-order valence-corrected chi connectivity index (χ4v) is 4.51. The van der Waals surface area contributed by atoms with E-state index in [1.165, 1.54) is 11.3 Å². The maximum Gasteiger partial charge on any atom is 0.230 e. The van der Waals surface area contributed by atoms with E-state index in [9.17, 15) is 9.59 Å². The van der Waals surface area contributed by atoms with Crippen LogP contribution in [-0.4, -0.2) is 32.0 Å². The van der Waals surface area contributed by atoms with Gasteiger partial charge in [-0.3, -0.25) is 14.6 Å². The predicted molar refractivity (Wildman–Crippen MR) is 141 cm³/mol. The third-order valence-corrected chi connectivity index (χ3v) is 6.58. The van der Waals surface area contributed by atoms with Crippen LogP contribution < -0.4 is 10.6 Å². The Kier molecular flexibility index (Phi) is 9.07. The lowest BCUT2D eigenvalue weighted by molar-refractivity contribution is -0.116. The monoisotopic (exact) mass is 520 g/mol. The Morgan fingerprint density at radius 3 is 2.44 bits per heavy atom. The van der Waals surface area contributed by atoms with Crippen LogP contribution in [-0.2, 0) is 35.3 Å². The number of hydrogen-bond donors (Lipinski definition) is 2. The van der Waals surface area contributed by atoms with Gasteiger partial charge in [0.2, 0.25) is 16.9 Å². The first-order chi connectivity index (χ1) is 17.5. The molecule has 0 saturated carbocycles. The zero-order chi connectivity index (χ0) is 25.2. The molecule has 2 N–H and O–H groups in total. The Morgan fingerprint density at radius 2 is 1.67 bits per heavy atom. The molecular weight excluding hydrogens is 496 g/mol. The Hall–Kier alpha value is -3.69. The van der Waals surface area contributed by atoms with Crippen molar-refractivity contribution >= 4 is 45.7 Å². The number of amides is 2. The maximum atomic E-state index is 12.3. The SMILES string of the molecule is O=C(Cc1ccccc1Cl)Nc1ccc(CCCCc2nnc(NC(=O)Cc3cccnc3)s2)cn1. The van der Waals surface area contributed by atoms with E-state index in [2.05, 4.69) is 30.8 Å². The molecule has 0 fully saturated rings. The second-order valence-corrected chi connectivity index (χ2v) is 9.63. The lowest BCUT2D eigenvalue weighted by atomic mass is 10.1. The molecule has 1 aromatic carbocycles. The highest BCUT2D eigenvalue weighted by molar-refractivity contribution is 7.15. The second kappa shape index (κ2) is 12.9. The molecule has 0 atom stereocenters. The van der Waals surface area contributed by atoms with Crippen molar-refractivity contribution in [3.63, 3.8) is 0 Å². The van der Waals surface area contributed by atoms with Crippen LogP contribution in [0.5, 0.6) is 0 Å². The maximum absolute atomic E-state index is 12.3. The van der Waals surface area contributed by atoms with Crippen molar-refractivity contribution in [3.05, 3.63) is 93.8 Å². The van der Waals surface area contributed by atoms with Crippen molar-refractivity contribution < 1.29 is 9.59 Å². The molecule has 0 aliphatic rings. The van der Waals surface area contributed by atoms with Gasteiger partial charge in [0, 0.05) is 30.0 Å². The zero-order valence-electron chi connectivity index (χ0n) is 19.5. The summed E-state index contributed by atoms with van der Waals surface area (Å²) in [5.74, 6) is 0.220. The van der Waals surface area contributed by atoms with Crippen LogP contribution in [0, 0.1) is 0 Å². The number of benzene rings is 1. The second-order valence-electron chi connectivity index (χ2n) is 8.16. The van der Waals surface area contributed by atoms with Crippen molar-refractivity contribution in [1.82, 2.24) is 20.2 Å². The van der Waals surface area contributed by atoms with Gasteiger partial charge in [-0.25, -0.2) is 4.98 Å². The molecule has 0 aliphatic heterocycles. The van der Waals surface area contributed by atoms with Gasteiger partial charge in [0.05, 0.1) is 12.8 Å². The highest BCUT2D eigenvalue weighted by Crippen LogP contribution is 2.19. The highest BCUT2D eigenvalue weighted by atomic mass is 35.5. The predicted octanol–water partition coefficient (Wildman–Crippen LogP) is 4.91. The molecule has 8 nitrogen and oxygen atoms in total. The molecule has 0 aliphatic carbocycles. The van der Waals surface area contributed by atoms with Crippen molar-refractivity contribution in [2.24, 2.45) is 0 Å². The van der Waals surface area contributed by atoms with Crippen molar-refractivity contribution in [3.8, 4) is 0 Å². The third-order valence-electron chi connectivity index (χ3n) is 5.31. The van der Waals surface area contributed by atoms with E-state index in [0.29, 0.717) is 16.0 Å². The van der Waals surface area contributed by atoms with E-state index in [1.807, 2.05) is 36.4 Å². The zero-order valence-corrected chi connectivity index (χ0v) is 21.1. The van der Waals surface area contributed by atoms with Gasteiger partial charge < -0.3 is 10.6 Å². The molecule has 4 aromatic rings. The van der Waals surface area contributed by atoms with E-state index >= 15 is 0 Å². The Bertz CT molecular complexity index is 1300. The summed E-state index contributed by atoms with van der Waals surface area (Å²) in [5, 5.41) is 15.8. The molecule has 0 bridgehead atoms. The summed E-state index contributed by atoms with van der Waals surface area (Å²) in [5.41, 5.74) is 2.73. The van der Waals surface area contributed by atoms with Crippen molar-refractivity contribution in [1.29, 1.82) is 0 Å². The largest absolute Gasteiger partial charge is 0.310 e. The number of unbranched alkanes of at least 4 members (excludes halogenated alkanes) is 1. The van der Waals surface area contributed by atoms with Crippen LogP contribution in [0.3, 0.4) is 0 Å². The lowest BCUT2D eigenvalue weighted by Gasteiger charge is -2.07. The number of hydrogen-bond acceptors (Lipinski definition) is 7. The van der Waals surface area contributed by atoms with Gasteiger partial charge >= 0.3 is 0 Å². The van der Waals surface area contributed by atoms with Gasteiger partial charge in [-0.15, -0.1) is 10.2 Å². The van der Waals surface area contributed by atoms with E-state index in [1.54, 1.807) is 30.7 Å². The van der Waals surface area contributed by atoms with Crippen molar-refractivity contribution in [2.45, 2.75) is 38.5 Å². The van der Waals surface area contributed by atoms with Crippen molar-refractivity contribution in [2.75, 3.05) is 10.6 Å². The number of halogens is 1. The van der Waals surface area contributed by atoms with Gasteiger partial charge in [0.25, 0.3) is 0 Å². The van der Waals surface area contributed by atoms with Crippen LogP contribution in [0.4, 0.5) is 10.9 Å². The average Bonchev–Trinajstić information content (AvgIpc) is 3.31. The first kappa shape index (κ1) is 25.4. The minimum atomic E-state index is -0.159. The Labute approximate surface area is 218 Å². The lowest BCUT2D eigenvalue weighted by Crippen LogP contribution is -2.15. The minimum absolute atomic E-state index is 0.137. The summed E-state index contributed by atoms with van der Waals surface area (Å²) < 4.78 is 0. The van der Waals surface area contributed by atoms with E-state index in [-0.39, 0.29) is 24.7 Å². The number of nitrogens with zero attached hydrogens (tertiary/aromatic N) is 4. The molecule has 0 unspecified atom stereocenters. The average molecular weight is 521 g/mol. The normalized spacial score (nSPS) is 10.7.